The van der Waals surface area contributed by atoms with Crippen molar-refractivity contribution in [1.29, 1.82) is 0 Å². The van der Waals surface area contributed by atoms with Gasteiger partial charge in [-0.2, -0.15) is 0 Å². The molecule has 0 radical (unpaired) electrons. The predicted molar refractivity (Wildman–Crippen MR) is 59.1 cm³/mol. The Hall–Kier alpha value is -1.15. The van der Waals surface area contributed by atoms with Crippen molar-refractivity contribution in [1.82, 2.24) is 4.98 Å². The van der Waals surface area contributed by atoms with Crippen LogP contribution in [0.25, 0.3) is 10.9 Å². The van der Waals surface area contributed by atoms with E-state index in [4.69, 9.17) is 11.6 Å². The van der Waals surface area contributed by atoms with Gasteiger partial charge in [0.05, 0.1) is 5.02 Å². The van der Waals surface area contributed by atoms with Gasteiger partial charge >= 0.3 is 0 Å². The number of phenols is 1. The number of benzene rings is 1. The molecule has 1 aromatic heterocycles. The molecule has 0 unspecified atom stereocenters. The van der Waals surface area contributed by atoms with Crippen LogP contribution in [0, 0.1) is 0 Å². The highest BCUT2D eigenvalue weighted by molar-refractivity contribution is 6.36. The van der Waals surface area contributed by atoms with Crippen molar-refractivity contribution in [2.24, 2.45) is 0 Å². The van der Waals surface area contributed by atoms with Crippen LogP contribution in [-0.4, -0.2) is 10.1 Å². The number of aromatic amines is 1. The molecule has 2 N–H and O–H groups in total. The monoisotopic (exact) mass is 209 g/mol. The average molecular weight is 210 g/mol. The minimum absolute atomic E-state index is 0.133. The van der Waals surface area contributed by atoms with Crippen molar-refractivity contribution in [2.75, 3.05) is 0 Å². The number of aromatic hydroxyl groups is 1. The fourth-order valence-electron chi connectivity index (χ4n) is 1.49. The van der Waals surface area contributed by atoms with E-state index in [0.717, 1.165) is 16.6 Å². The quantitative estimate of drug-likeness (QED) is 0.739. The van der Waals surface area contributed by atoms with E-state index < -0.39 is 0 Å². The van der Waals surface area contributed by atoms with Crippen LogP contribution in [0.2, 0.25) is 5.02 Å². The Morgan fingerprint density at radius 1 is 1.36 bits per heavy atom. The highest BCUT2D eigenvalue weighted by Gasteiger charge is 2.09. The lowest BCUT2D eigenvalue weighted by molar-refractivity contribution is 0.476. The Morgan fingerprint density at radius 2 is 2.07 bits per heavy atom. The molecule has 3 heteroatoms. The van der Waals surface area contributed by atoms with Gasteiger partial charge in [-0.1, -0.05) is 25.4 Å². The van der Waals surface area contributed by atoms with Crippen LogP contribution in [0.1, 0.15) is 25.5 Å². The Bertz CT molecular complexity index is 473. The number of rotatable bonds is 1. The lowest BCUT2D eigenvalue weighted by Gasteiger charge is -1.97. The molecule has 0 saturated heterocycles. The van der Waals surface area contributed by atoms with E-state index in [9.17, 15) is 5.11 Å². The number of H-pyrrole nitrogens is 1. The molecule has 0 spiro atoms. The van der Waals surface area contributed by atoms with Gasteiger partial charge in [0.15, 0.2) is 0 Å². The lowest BCUT2D eigenvalue weighted by Crippen LogP contribution is -1.84. The molecule has 0 fully saturated rings. The first-order valence-corrected chi connectivity index (χ1v) is 4.97. The van der Waals surface area contributed by atoms with Crippen molar-refractivity contribution in [3.05, 3.63) is 28.9 Å². The number of phenolic OH excluding ortho intramolecular Hbond substituents is 1. The molecular weight excluding hydrogens is 198 g/mol. The van der Waals surface area contributed by atoms with Gasteiger partial charge in [0, 0.05) is 16.6 Å². The van der Waals surface area contributed by atoms with Crippen LogP contribution < -0.4 is 0 Å². The summed E-state index contributed by atoms with van der Waals surface area (Å²) in [6.45, 7) is 4.22. The van der Waals surface area contributed by atoms with Crippen LogP contribution in [0.3, 0.4) is 0 Å². The van der Waals surface area contributed by atoms with E-state index >= 15 is 0 Å². The van der Waals surface area contributed by atoms with E-state index in [2.05, 4.69) is 18.8 Å². The summed E-state index contributed by atoms with van der Waals surface area (Å²) in [7, 11) is 0. The molecule has 0 aliphatic heterocycles. The van der Waals surface area contributed by atoms with Crippen molar-refractivity contribution in [2.45, 2.75) is 19.8 Å². The molecule has 2 nitrogen and oxygen atoms in total. The number of halogens is 1. The van der Waals surface area contributed by atoms with Crippen LogP contribution in [0.5, 0.6) is 5.75 Å². The molecule has 0 amide bonds. The molecule has 0 bridgehead atoms. The maximum atomic E-state index is 9.42. The summed E-state index contributed by atoms with van der Waals surface area (Å²) in [5.74, 6) is 0.564. The first-order valence-electron chi connectivity index (χ1n) is 4.59. The fourth-order valence-corrected chi connectivity index (χ4v) is 1.71. The molecule has 1 aromatic carbocycles. The van der Waals surface area contributed by atoms with E-state index in [0.29, 0.717) is 10.9 Å². The van der Waals surface area contributed by atoms with Crippen LogP contribution in [0.15, 0.2) is 18.2 Å². The molecule has 2 aromatic rings. The Kier molecular flexibility index (Phi) is 2.16. The van der Waals surface area contributed by atoms with Gasteiger partial charge in [-0.15, -0.1) is 0 Å². The van der Waals surface area contributed by atoms with E-state index in [1.54, 1.807) is 6.07 Å². The summed E-state index contributed by atoms with van der Waals surface area (Å²) in [5.41, 5.74) is 2.10. The fraction of sp³-hybridized carbons (Fsp3) is 0.273. The number of aromatic nitrogens is 1. The third kappa shape index (κ3) is 1.36. The van der Waals surface area contributed by atoms with Gasteiger partial charge in [0.2, 0.25) is 0 Å². The first-order chi connectivity index (χ1) is 6.59. The second kappa shape index (κ2) is 3.21. The topological polar surface area (TPSA) is 36.0 Å². The zero-order valence-electron chi connectivity index (χ0n) is 8.13. The maximum Gasteiger partial charge on any atom is 0.134 e. The van der Waals surface area contributed by atoms with Crippen molar-refractivity contribution in [3.8, 4) is 5.75 Å². The second-order valence-electron chi connectivity index (χ2n) is 3.74. The molecule has 0 aliphatic rings. The number of hydrogen-bond donors (Lipinski definition) is 2. The third-order valence-corrected chi connectivity index (χ3v) is 2.76. The Labute approximate surface area is 87.5 Å². The second-order valence-corrected chi connectivity index (χ2v) is 4.12. The van der Waals surface area contributed by atoms with Gasteiger partial charge < -0.3 is 10.1 Å². The maximum absolute atomic E-state index is 9.42. The molecule has 74 valence electrons. The molecule has 14 heavy (non-hydrogen) atoms. The molecule has 0 aliphatic carbocycles. The highest BCUT2D eigenvalue weighted by Crippen LogP contribution is 2.33. The molecule has 0 atom stereocenters. The zero-order valence-corrected chi connectivity index (χ0v) is 8.89. The van der Waals surface area contributed by atoms with Gasteiger partial charge in [0.25, 0.3) is 0 Å². The van der Waals surface area contributed by atoms with Gasteiger partial charge in [-0.3, -0.25) is 0 Å². The number of hydrogen-bond acceptors (Lipinski definition) is 1. The summed E-state index contributed by atoms with van der Waals surface area (Å²) in [6, 6.07) is 5.43. The zero-order chi connectivity index (χ0) is 10.3. The lowest BCUT2D eigenvalue weighted by atomic mass is 10.1. The summed E-state index contributed by atoms with van der Waals surface area (Å²) in [4.78, 5) is 3.27. The smallest absolute Gasteiger partial charge is 0.134 e. The summed E-state index contributed by atoms with van der Waals surface area (Å²) >= 11 is 5.97. The van der Waals surface area contributed by atoms with Gasteiger partial charge in [0.1, 0.15) is 5.75 Å². The van der Waals surface area contributed by atoms with E-state index in [1.165, 1.54) is 0 Å². The predicted octanol–water partition coefficient (Wildman–Crippen LogP) is 3.65. The summed E-state index contributed by atoms with van der Waals surface area (Å²) in [6.07, 6.45) is 0. The van der Waals surface area contributed by atoms with E-state index in [-0.39, 0.29) is 5.75 Å². The standard InChI is InChI=1S/C11H12ClNO/c1-6(2)9-5-7-8(13-9)3-4-10(14)11(7)12/h3-6,13-14H,1-2H3. The van der Waals surface area contributed by atoms with Crippen LogP contribution in [0.4, 0.5) is 0 Å². The third-order valence-electron chi connectivity index (χ3n) is 2.36. The van der Waals surface area contributed by atoms with Gasteiger partial charge in [-0.05, 0) is 24.1 Å². The van der Waals surface area contributed by atoms with Crippen LogP contribution in [-0.2, 0) is 0 Å². The molecular formula is C11H12ClNO. The van der Waals surface area contributed by atoms with Crippen molar-refractivity contribution < 1.29 is 5.11 Å². The largest absolute Gasteiger partial charge is 0.506 e. The number of nitrogens with one attached hydrogen (secondary N) is 1. The summed E-state index contributed by atoms with van der Waals surface area (Å²) < 4.78 is 0. The molecule has 1 heterocycles. The van der Waals surface area contributed by atoms with Crippen LogP contribution >= 0.6 is 11.6 Å². The summed E-state index contributed by atoms with van der Waals surface area (Å²) in [5, 5.41) is 10.7. The minimum atomic E-state index is 0.133. The minimum Gasteiger partial charge on any atom is -0.506 e. The normalized spacial score (nSPS) is 11.4. The van der Waals surface area contributed by atoms with E-state index in [1.807, 2.05) is 12.1 Å². The molecule has 0 saturated carbocycles. The van der Waals surface area contributed by atoms with Gasteiger partial charge in [-0.25, -0.2) is 0 Å². The SMILES string of the molecule is CC(C)c1cc2c(Cl)c(O)ccc2[nH]1. The van der Waals surface area contributed by atoms with Crippen molar-refractivity contribution >= 4 is 22.5 Å². The Morgan fingerprint density at radius 3 is 2.71 bits per heavy atom. The number of fused-ring (bicyclic) bond motifs is 1. The van der Waals surface area contributed by atoms with Crippen molar-refractivity contribution in [3.63, 3.8) is 0 Å². The molecule has 2 rings (SSSR count). The average Bonchev–Trinajstić information content (AvgIpc) is 2.56. The highest BCUT2D eigenvalue weighted by atomic mass is 35.5. The Balaban J connectivity index is 2.71. The first kappa shape index (κ1) is 9.41.